The summed E-state index contributed by atoms with van der Waals surface area (Å²) in [5.74, 6) is 1.37. The highest BCUT2D eigenvalue weighted by Gasteiger charge is 2.26. The van der Waals surface area contributed by atoms with E-state index >= 15 is 0 Å². The standard InChI is InChI=1S/C21H26N6O/c1-25(2)15-20(28)26-12-10-16(11-13-26)21-23-19-9-8-18(14-27(19)24-21)22-17-6-4-3-5-7-17/h3-9,14,16,22H,10-13,15H2,1-2H3. The lowest BCUT2D eigenvalue weighted by molar-refractivity contribution is -0.132. The van der Waals surface area contributed by atoms with Gasteiger partial charge in [-0.2, -0.15) is 5.10 Å². The SMILES string of the molecule is CN(C)CC(=O)N1CCC(c2nc3ccc(Nc4ccccc4)cn3n2)CC1. The number of nitrogens with one attached hydrogen (secondary N) is 1. The summed E-state index contributed by atoms with van der Waals surface area (Å²) in [5.41, 5.74) is 2.86. The number of para-hydroxylation sites is 1. The molecule has 1 amide bonds. The second kappa shape index (κ2) is 7.98. The number of benzene rings is 1. The van der Waals surface area contributed by atoms with Gasteiger partial charge in [-0.15, -0.1) is 0 Å². The number of carbonyl (C=O) groups excluding carboxylic acids is 1. The van der Waals surface area contributed by atoms with Crippen LogP contribution in [0, 0.1) is 0 Å². The number of hydrogen-bond donors (Lipinski definition) is 1. The number of likely N-dealkylation sites (tertiary alicyclic amines) is 1. The highest BCUT2D eigenvalue weighted by atomic mass is 16.2. The number of anilines is 2. The lowest BCUT2D eigenvalue weighted by atomic mass is 9.96. The minimum Gasteiger partial charge on any atom is -0.354 e. The third kappa shape index (κ3) is 4.14. The number of hydrogen-bond acceptors (Lipinski definition) is 5. The molecule has 0 aliphatic carbocycles. The number of aromatic nitrogens is 3. The van der Waals surface area contributed by atoms with Crippen molar-refractivity contribution in [3.05, 3.63) is 54.5 Å². The maximum absolute atomic E-state index is 12.2. The van der Waals surface area contributed by atoms with Crippen LogP contribution in [0.4, 0.5) is 11.4 Å². The van der Waals surface area contributed by atoms with Crippen LogP contribution in [0.25, 0.3) is 5.65 Å². The second-order valence-electron chi connectivity index (χ2n) is 7.57. The molecule has 0 bridgehead atoms. The number of likely N-dealkylation sites (N-methyl/N-ethyl adjacent to an activating group) is 1. The smallest absolute Gasteiger partial charge is 0.236 e. The van der Waals surface area contributed by atoms with Crippen LogP contribution in [-0.2, 0) is 4.79 Å². The van der Waals surface area contributed by atoms with E-state index in [0.717, 1.165) is 48.8 Å². The molecule has 1 fully saturated rings. The van der Waals surface area contributed by atoms with Gasteiger partial charge in [-0.05, 0) is 51.2 Å². The molecule has 0 radical (unpaired) electrons. The first-order valence-electron chi connectivity index (χ1n) is 9.69. The van der Waals surface area contributed by atoms with Gasteiger partial charge in [0.05, 0.1) is 18.4 Å². The lowest BCUT2D eigenvalue weighted by Crippen LogP contribution is -2.42. The number of amides is 1. The number of carbonyl (C=O) groups is 1. The van der Waals surface area contributed by atoms with Crippen molar-refractivity contribution in [3.63, 3.8) is 0 Å². The van der Waals surface area contributed by atoms with Gasteiger partial charge in [0, 0.05) is 24.7 Å². The topological polar surface area (TPSA) is 65.8 Å². The van der Waals surface area contributed by atoms with Crippen molar-refractivity contribution in [2.45, 2.75) is 18.8 Å². The summed E-state index contributed by atoms with van der Waals surface area (Å²) in [7, 11) is 3.85. The average Bonchev–Trinajstić information content (AvgIpc) is 3.12. The molecule has 0 unspecified atom stereocenters. The summed E-state index contributed by atoms with van der Waals surface area (Å²) in [6.45, 7) is 2.01. The molecule has 7 nitrogen and oxygen atoms in total. The molecule has 0 spiro atoms. The highest BCUT2D eigenvalue weighted by molar-refractivity contribution is 5.78. The van der Waals surface area contributed by atoms with Gasteiger partial charge in [0.25, 0.3) is 0 Å². The minimum absolute atomic E-state index is 0.197. The zero-order valence-corrected chi connectivity index (χ0v) is 16.4. The Morgan fingerprint density at radius 3 is 2.57 bits per heavy atom. The van der Waals surface area contributed by atoms with Gasteiger partial charge < -0.3 is 15.1 Å². The summed E-state index contributed by atoms with van der Waals surface area (Å²) in [4.78, 5) is 20.8. The summed E-state index contributed by atoms with van der Waals surface area (Å²) >= 11 is 0. The Kier molecular flexibility index (Phi) is 5.25. The van der Waals surface area contributed by atoms with Gasteiger partial charge in [0.1, 0.15) is 0 Å². The van der Waals surface area contributed by atoms with Crippen molar-refractivity contribution >= 4 is 22.9 Å². The zero-order valence-electron chi connectivity index (χ0n) is 16.4. The third-order valence-corrected chi connectivity index (χ3v) is 5.07. The molecule has 1 aliphatic rings. The van der Waals surface area contributed by atoms with Gasteiger partial charge in [-0.3, -0.25) is 4.79 Å². The van der Waals surface area contributed by atoms with Gasteiger partial charge in [-0.25, -0.2) is 9.50 Å². The number of fused-ring (bicyclic) bond motifs is 1. The van der Waals surface area contributed by atoms with Crippen molar-refractivity contribution in [2.24, 2.45) is 0 Å². The Labute approximate surface area is 165 Å². The molecule has 1 saturated heterocycles. The molecule has 0 atom stereocenters. The summed E-state index contributed by atoms with van der Waals surface area (Å²) in [6, 6.07) is 14.1. The Morgan fingerprint density at radius 2 is 1.86 bits per heavy atom. The molecule has 2 aromatic heterocycles. The first-order chi connectivity index (χ1) is 13.6. The molecule has 146 valence electrons. The molecule has 3 heterocycles. The van der Waals surface area contributed by atoms with E-state index in [-0.39, 0.29) is 5.91 Å². The maximum atomic E-state index is 12.2. The van der Waals surface area contributed by atoms with E-state index in [0.29, 0.717) is 12.5 Å². The van der Waals surface area contributed by atoms with Crippen molar-refractivity contribution < 1.29 is 4.79 Å². The lowest BCUT2D eigenvalue weighted by Gasteiger charge is -2.31. The van der Waals surface area contributed by atoms with Crippen LogP contribution in [0.5, 0.6) is 0 Å². The second-order valence-corrected chi connectivity index (χ2v) is 7.57. The molecule has 1 aliphatic heterocycles. The van der Waals surface area contributed by atoms with Gasteiger partial charge in [0.2, 0.25) is 5.91 Å². The summed E-state index contributed by atoms with van der Waals surface area (Å²) in [5, 5.41) is 8.09. The van der Waals surface area contributed by atoms with Gasteiger partial charge in [-0.1, -0.05) is 18.2 Å². The molecule has 28 heavy (non-hydrogen) atoms. The van der Waals surface area contributed by atoms with E-state index in [9.17, 15) is 4.79 Å². The predicted octanol–water partition coefficient (Wildman–Crippen LogP) is 2.74. The monoisotopic (exact) mass is 378 g/mol. The fourth-order valence-corrected chi connectivity index (χ4v) is 3.59. The number of rotatable bonds is 5. The van der Waals surface area contributed by atoms with Crippen LogP contribution < -0.4 is 5.32 Å². The third-order valence-electron chi connectivity index (χ3n) is 5.07. The highest BCUT2D eigenvalue weighted by Crippen LogP contribution is 2.26. The van der Waals surface area contributed by atoms with Crippen molar-refractivity contribution in [3.8, 4) is 0 Å². The Morgan fingerprint density at radius 1 is 1.11 bits per heavy atom. The molecule has 3 aromatic rings. The summed E-state index contributed by atoms with van der Waals surface area (Å²) in [6.07, 6.45) is 3.78. The first-order valence-corrected chi connectivity index (χ1v) is 9.69. The average molecular weight is 378 g/mol. The Bertz CT molecular complexity index is 944. The number of pyridine rings is 1. The molecule has 4 rings (SSSR count). The van der Waals surface area contributed by atoms with E-state index in [1.165, 1.54) is 0 Å². The van der Waals surface area contributed by atoms with E-state index in [2.05, 4.69) is 5.32 Å². The molecule has 0 saturated carbocycles. The fourth-order valence-electron chi connectivity index (χ4n) is 3.59. The zero-order chi connectivity index (χ0) is 19.5. The molecule has 7 heteroatoms. The largest absolute Gasteiger partial charge is 0.354 e. The van der Waals surface area contributed by atoms with Crippen molar-refractivity contribution in [1.82, 2.24) is 24.4 Å². The first kappa shape index (κ1) is 18.4. The van der Waals surface area contributed by atoms with Crippen LogP contribution in [0.15, 0.2) is 48.7 Å². The molecule has 1 N–H and O–H groups in total. The van der Waals surface area contributed by atoms with Crippen molar-refractivity contribution in [1.29, 1.82) is 0 Å². The normalized spacial score (nSPS) is 15.3. The van der Waals surface area contributed by atoms with Crippen molar-refractivity contribution in [2.75, 3.05) is 39.0 Å². The predicted molar refractivity (Wildman–Crippen MR) is 110 cm³/mol. The Balaban J connectivity index is 1.43. The minimum atomic E-state index is 0.197. The van der Waals surface area contributed by atoms with Crippen LogP contribution in [-0.4, -0.2) is 64.0 Å². The number of piperidine rings is 1. The fraction of sp³-hybridized carbons (Fsp3) is 0.381. The molecule has 1 aromatic carbocycles. The van der Waals surface area contributed by atoms with E-state index < -0.39 is 0 Å². The van der Waals surface area contributed by atoms with Gasteiger partial charge in [0.15, 0.2) is 11.5 Å². The van der Waals surface area contributed by atoms with Gasteiger partial charge >= 0.3 is 0 Å². The van der Waals surface area contributed by atoms with Crippen LogP contribution in [0.2, 0.25) is 0 Å². The van der Waals surface area contributed by atoms with E-state index in [1.54, 1.807) is 0 Å². The molecular formula is C21H26N6O. The maximum Gasteiger partial charge on any atom is 0.236 e. The molecular weight excluding hydrogens is 352 g/mol. The number of nitrogens with zero attached hydrogens (tertiary/aromatic N) is 5. The quantitative estimate of drug-likeness (QED) is 0.740. The van der Waals surface area contributed by atoms with Crippen LogP contribution in [0.3, 0.4) is 0 Å². The van der Waals surface area contributed by atoms with E-state index in [4.69, 9.17) is 10.1 Å². The van der Waals surface area contributed by atoms with Crippen LogP contribution >= 0.6 is 0 Å². The Hall–Kier alpha value is -2.93. The van der Waals surface area contributed by atoms with Crippen LogP contribution in [0.1, 0.15) is 24.6 Å². The summed E-state index contributed by atoms with van der Waals surface area (Å²) < 4.78 is 1.84. The van der Waals surface area contributed by atoms with E-state index in [1.807, 2.05) is 77.1 Å².